The number of carbonyl (C=O) groups is 2. The Morgan fingerprint density at radius 2 is 1.86 bits per heavy atom. The van der Waals surface area contributed by atoms with Gasteiger partial charge in [0.15, 0.2) is 18.0 Å². The number of fused-ring (bicyclic) bond motifs is 1. The molecule has 0 bridgehead atoms. The van der Waals surface area contributed by atoms with Crippen molar-refractivity contribution in [1.29, 1.82) is 0 Å². The molecule has 3 rings (SSSR count). The zero-order chi connectivity index (χ0) is 21.0. The van der Waals surface area contributed by atoms with E-state index in [2.05, 4.69) is 9.88 Å². The van der Waals surface area contributed by atoms with Crippen molar-refractivity contribution in [2.24, 2.45) is 0 Å². The van der Waals surface area contributed by atoms with Gasteiger partial charge < -0.3 is 24.3 Å². The van der Waals surface area contributed by atoms with E-state index in [0.29, 0.717) is 26.2 Å². The lowest BCUT2D eigenvalue weighted by atomic mass is 10.1. The zero-order valence-electron chi connectivity index (χ0n) is 17.6. The Morgan fingerprint density at radius 1 is 1.10 bits per heavy atom. The first-order valence-corrected chi connectivity index (χ1v) is 10.1. The van der Waals surface area contributed by atoms with Crippen LogP contribution in [0.4, 0.5) is 0 Å². The summed E-state index contributed by atoms with van der Waals surface area (Å²) < 4.78 is 13.0. The average molecular weight is 400 g/mol. The average Bonchev–Trinajstić information content (AvgIpc) is 3.27. The van der Waals surface area contributed by atoms with Gasteiger partial charge in [0.2, 0.25) is 12.6 Å². The van der Waals surface area contributed by atoms with E-state index in [4.69, 9.17) is 9.47 Å². The summed E-state index contributed by atoms with van der Waals surface area (Å²) in [5, 5.41) is 2.80. The molecule has 1 amide bonds. The molecule has 2 N–H and O–H groups in total. The van der Waals surface area contributed by atoms with Crippen molar-refractivity contribution in [3.8, 4) is 11.5 Å². The van der Waals surface area contributed by atoms with Crippen molar-refractivity contribution < 1.29 is 24.0 Å². The molecule has 1 aliphatic rings. The van der Waals surface area contributed by atoms with Crippen LogP contribution in [0.2, 0.25) is 0 Å². The standard InChI is InChI=1S/C22H29N3O4/c1-5-23-22(27)13-24(6-2)12-19(26)18-9-15(3)25(16(18)4)11-17-7-8-20-21(10-17)29-14-28-20/h7-10H,5-6,11-14H2,1-4H3,(H,23,27)/p+1. The monoisotopic (exact) mass is 400 g/mol. The van der Waals surface area contributed by atoms with E-state index in [0.717, 1.165) is 45.5 Å². The van der Waals surface area contributed by atoms with Gasteiger partial charge in [0.25, 0.3) is 5.91 Å². The fraction of sp³-hybridized carbons (Fsp3) is 0.455. The van der Waals surface area contributed by atoms with Crippen LogP contribution in [0, 0.1) is 13.8 Å². The molecule has 0 saturated heterocycles. The van der Waals surface area contributed by atoms with Crippen LogP contribution in [0.15, 0.2) is 24.3 Å². The Labute approximate surface area is 171 Å². The van der Waals surface area contributed by atoms with Crippen LogP contribution < -0.4 is 19.7 Å². The van der Waals surface area contributed by atoms with E-state index in [9.17, 15) is 9.59 Å². The quantitative estimate of drug-likeness (QED) is 0.619. The molecule has 0 radical (unpaired) electrons. The molecule has 0 aliphatic carbocycles. The molecule has 1 aliphatic heterocycles. The normalized spacial score (nSPS) is 13.4. The molecule has 29 heavy (non-hydrogen) atoms. The maximum absolute atomic E-state index is 12.9. The van der Waals surface area contributed by atoms with Crippen molar-refractivity contribution in [3.63, 3.8) is 0 Å². The van der Waals surface area contributed by atoms with Crippen molar-refractivity contribution in [1.82, 2.24) is 9.88 Å². The summed E-state index contributed by atoms with van der Waals surface area (Å²) in [6.07, 6.45) is 0. The van der Waals surface area contributed by atoms with Gasteiger partial charge in [-0.05, 0) is 51.5 Å². The molecular formula is C22H30N3O4+. The summed E-state index contributed by atoms with van der Waals surface area (Å²) in [6.45, 7) is 10.7. The van der Waals surface area contributed by atoms with Crippen molar-refractivity contribution in [3.05, 3.63) is 46.8 Å². The number of quaternary nitrogens is 1. The number of ketones is 1. The number of carbonyl (C=O) groups excluding carboxylic acids is 2. The van der Waals surface area contributed by atoms with Gasteiger partial charge in [0.1, 0.15) is 6.54 Å². The van der Waals surface area contributed by atoms with E-state index < -0.39 is 0 Å². The lowest BCUT2D eigenvalue weighted by Crippen LogP contribution is -3.13. The Kier molecular flexibility index (Phi) is 6.59. The highest BCUT2D eigenvalue weighted by atomic mass is 16.7. The van der Waals surface area contributed by atoms with E-state index in [1.165, 1.54) is 0 Å². The predicted octanol–water partition coefficient (Wildman–Crippen LogP) is 1.11. The molecule has 1 aromatic carbocycles. The first kappa shape index (κ1) is 20.9. The summed E-state index contributed by atoms with van der Waals surface area (Å²) in [4.78, 5) is 25.8. The van der Waals surface area contributed by atoms with Gasteiger partial charge in [-0.2, -0.15) is 0 Å². The number of benzene rings is 1. The fourth-order valence-electron chi connectivity index (χ4n) is 3.67. The summed E-state index contributed by atoms with van der Waals surface area (Å²) in [5.74, 6) is 1.57. The third kappa shape index (κ3) is 4.79. The van der Waals surface area contributed by atoms with Crippen LogP contribution in [-0.4, -0.2) is 49.2 Å². The van der Waals surface area contributed by atoms with Gasteiger partial charge >= 0.3 is 0 Å². The second kappa shape index (κ2) is 9.13. The first-order valence-electron chi connectivity index (χ1n) is 10.1. The van der Waals surface area contributed by atoms with Crippen LogP contribution in [-0.2, 0) is 11.3 Å². The van der Waals surface area contributed by atoms with Gasteiger partial charge in [-0.3, -0.25) is 9.59 Å². The second-order valence-corrected chi connectivity index (χ2v) is 7.39. The van der Waals surface area contributed by atoms with E-state index in [1.54, 1.807) is 0 Å². The fourth-order valence-corrected chi connectivity index (χ4v) is 3.67. The summed E-state index contributed by atoms with van der Waals surface area (Å²) in [5.41, 5.74) is 3.79. The lowest BCUT2D eigenvalue weighted by molar-refractivity contribution is -0.881. The molecule has 2 heterocycles. The van der Waals surface area contributed by atoms with Crippen LogP contribution >= 0.6 is 0 Å². The topological polar surface area (TPSA) is 74.0 Å². The van der Waals surface area contributed by atoms with Crippen molar-refractivity contribution in [2.45, 2.75) is 34.2 Å². The van der Waals surface area contributed by atoms with Gasteiger partial charge in [-0.1, -0.05) is 6.07 Å². The molecular weight excluding hydrogens is 370 g/mol. The summed E-state index contributed by atoms with van der Waals surface area (Å²) in [7, 11) is 0. The Morgan fingerprint density at radius 3 is 2.59 bits per heavy atom. The maximum Gasteiger partial charge on any atom is 0.275 e. The summed E-state index contributed by atoms with van der Waals surface area (Å²) in [6, 6.07) is 7.87. The number of nitrogens with zero attached hydrogens (tertiary/aromatic N) is 1. The minimum absolute atomic E-state index is 0.0227. The predicted molar refractivity (Wildman–Crippen MR) is 110 cm³/mol. The van der Waals surface area contributed by atoms with E-state index in [1.807, 2.05) is 52.0 Å². The van der Waals surface area contributed by atoms with E-state index in [-0.39, 0.29) is 18.5 Å². The molecule has 2 aromatic rings. The van der Waals surface area contributed by atoms with Crippen LogP contribution in [0.25, 0.3) is 0 Å². The highest BCUT2D eigenvalue weighted by Crippen LogP contribution is 2.33. The Balaban J connectivity index is 1.72. The third-order valence-corrected chi connectivity index (χ3v) is 5.35. The highest BCUT2D eigenvalue weighted by molar-refractivity contribution is 5.98. The summed E-state index contributed by atoms with van der Waals surface area (Å²) >= 11 is 0. The molecule has 0 saturated carbocycles. The van der Waals surface area contributed by atoms with Crippen LogP contribution in [0.1, 0.15) is 41.2 Å². The molecule has 1 atom stereocenters. The van der Waals surface area contributed by atoms with Gasteiger partial charge in [0, 0.05) is 30.0 Å². The third-order valence-electron chi connectivity index (χ3n) is 5.35. The van der Waals surface area contributed by atoms with Crippen molar-refractivity contribution >= 4 is 11.7 Å². The first-order chi connectivity index (χ1) is 13.9. The van der Waals surface area contributed by atoms with Gasteiger partial charge in [-0.25, -0.2) is 0 Å². The zero-order valence-corrected chi connectivity index (χ0v) is 17.6. The van der Waals surface area contributed by atoms with E-state index >= 15 is 0 Å². The molecule has 0 fully saturated rings. The number of aromatic nitrogens is 1. The van der Waals surface area contributed by atoms with Crippen molar-refractivity contribution in [2.75, 3.05) is 33.0 Å². The number of likely N-dealkylation sites (N-methyl/N-ethyl adjacent to an activating group) is 2. The molecule has 7 nitrogen and oxygen atoms in total. The molecule has 7 heteroatoms. The number of nitrogens with one attached hydrogen (secondary N) is 2. The number of rotatable bonds is 9. The molecule has 1 aromatic heterocycles. The lowest BCUT2D eigenvalue weighted by Gasteiger charge is -2.16. The minimum Gasteiger partial charge on any atom is -0.454 e. The number of hydrogen-bond acceptors (Lipinski definition) is 4. The Bertz CT molecular complexity index is 904. The number of aryl methyl sites for hydroxylation is 1. The van der Waals surface area contributed by atoms with Crippen LogP contribution in [0.5, 0.6) is 11.5 Å². The second-order valence-electron chi connectivity index (χ2n) is 7.39. The van der Waals surface area contributed by atoms with Crippen LogP contribution in [0.3, 0.4) is 0 Å². The number of ether oxygens (including phenoxy) is 2. The SMILES string of the molecule is CCNC(=O)C[NH+](CC)CC(=O)c1cc(C)n(Cc2ccc3c(c2)OCO3)c1C. The molecule has 0 spiro atoms. The Hall–Kier alpha value is -2.80. The number of amides is 1. The smallest absolute Gasteiger partial charge is 0.275 e. The number of hydrogen-bond donors (Lipinski definition) is 2. The van der Waals surface area contributed by atoms with Gasteiger partial charge in [0.05, 0.1) is 6.54 Å². The maximum atomic E-state index is 12.9. The van der Waals surface area contributed by atoms with Gasteiger partial charge in [-0.15, -0.1) is 0 Å². The highest BCUT2D eigenvalue weighted by Gasteiger charge is 2.22. The number of Topliss-reactive ketones (excluding diaryl/α,β-unsaturated/α-hetero) is 1. The molecule has 156 valence electrons. The largest absolute Gasteiger partial charge is 0.454 e. The minimum atomic E-state index is -0.0227. The molecule has 1 unspecified atom stereocenters.